The Balaban J connectivity index is 1.60. The van der Waals surface area contributed by atoms with E-state index >= 15 is 0 Å². The van der Waals surface area contributed by atoms with Crippen LogP contribution in [0.2, 0.25) is 0 Å². The number of nitrogens with zero attached hydrogens (tertiary/aromatic N) is 1. The van der Waals surface area contributed by atoms with Crippen LogP contribution < -0.4 is 10.1 Å². The second-order valence-electron chi connectivity index (χ2n) is 6.85. The highest BCUT2D eigenvalue weighted by molar-refractivity contribution is 7.21. The lowest BCUT2D eigenvalue weighted by Crippen LogP contribution is -2.14. The predicted octanol–water partition coefficient (Wildman–Crippen LogP) is 6.39. The minimum Gasteiger partial charge on any atom is -0.491 e. The molecule has 5 heteroatoms. The number of ether oxygens (including phenoxy) is 1. The van der Waals surface area contributed by atoms with Gasteiger partial charge in [-0.2, -0.15) is 0 Å². The fraction of sp³-hybridized carbons (Fsp3) is 0.167. The fourth-order valence-electron chi connectivity index (χ4n) is 2.99. The van der Waals surface area contributed by atoms with E-state index in [1.54, 1.807) is 23.5 Å². The second kappa shape index (κ2) is 8.45. The van der Waals surface area contributed by atoms with Crippen molar-refractivity contribution in [2.24, 2.45) is 0 Å². The molecular weight excluding hydrogens is 380 g/mol. The number of para-hydroxylation sites is 2. The van der Waals surface area contributed by atoms with Gasteiger partial charge in [-0.3, -0.25) is 4.79 Å². The molecule has 1 aromatic heterocycles. The summed E-state index contributed by atoms with van der Waals surface area (Å²) in [6.07, 6.45) is 1.01. The van der Waals surface area contributed by atoms with Crippen LogP contribution in [0, 0.1) is 0 Å². The SMILES string of the molecule is CCC(C)Oc1cccc(C(=O)Nc2ccccc2-c2nc3ccccc3s2)c1. The molecule has 3 aromatic carbocycles. The third-order valence-electron chi connectivity index (χ3n) is 4.71. The Labute approximate surface area is 174 Å². The number of anilines is 1. The van der Waals surface area contributed by atoms with E-state index in [0.717, 1.165) is 32.9 Å². The lowest BCUT2D eigenvalue weighted by atomic mass is 10.1. The normalized spacial score (nSPS) is 11.9. The highest BCUT2D eigenvalue weighted by Crippen LogP contribution is 2.34. The van der Waals surface area contributed by atoms with Gasteiger partial charge >= 0.3 is 0 Å². The van der Waals surface area contributed by atoms with Gasteiger partial charge in [-0.05, 0) is 55.8 Å². The van der Waals surface area contributed by atoms with Gasteiger partial charge in [-0.15, -0.1) is 11.3 Å². The average molecular weight is 403 g/mol. The highest BCUT2D eigenvalue weighted by Gasteiger charge is 2.14. The van der Waals surface area contributed by atoms with Gasteiger partial charge in [0.25, 0.3) is 5.91 Å². The van der Waals surface area contributed by atoms with Gasteiger partial charge in [0.05, 0.1) is 22.0 Å². The van der Waals surface area contributed by atoms with Crippen molar-refractivity contribution in [2.45, 2.75) is 26.4 Å². The predicted molar refractivity (Wildman–Crippen MR) is 120 cm³/mol. The van der Waals surface area contributed by atoms with Crippen molar-refractivity contribution < 1.29 is 9.53 Å². The molecule has 0 spiro atoms. The van der Waals surface area contributed by atoms with Gasteiger partial charge < -0.3 is 10.1 Å². The van der Waals surface area contributed by atoms with Gasteiger partial charge in [-0.1, -0.05) is 37.3 Å². The van der Waals surface area contributed by atoms with Crippen molar-refractivity contribution in [3.8, 4) is 16.3 Å². The minimum atomic E-state index is -0.173. The maximum absolute atomic E-state index is 12.9. The van der Waals surface area contributed by atoms with Crippen LogP contribution >= 0.6 is 11.3 Å². The molecule has 1 heterocycles. The van der Waals surface area contributed by atoms with Gasteiger partial charge in [-0.25, -0.2) is 4.98 Å². The molecule has 29 heavy (non-hydrogen) atoms. The zero-order valence-corrected chi connectivity index (χ0v) is 17.2. The molecule has 146 valence electrons. The van der Waals surface area contributed by atoms with E-state index in [-0.39, 0.29) is 12.0 Å². The number of hydrogen-bond donors (Lipinski definition) is 1. The molecule has 0 saturated carbocycles. The summed E-state index contributed by atoms with van der Waals surface area (Å²) in [4.78, 5) is 17.6. The third-order valence-corrected chi connectivity index (χ3v) is 5.78. The second-order valence-corrected chi connectivity index (χ2v) is 7.88. The first kappa shape index (κ1) is 19.2. The molecule has 1 N–H and O–H groups in total. The standard InChI is InChI=1S/C24H22N2O2S/c1-3-16(2)28-18-10-8-9-17(15-18)23(27)25-20-12-5-4-11-19(20)24-26-21-13-6-7-14-22(21)29-24/h4-16H,3H2,1-2H3,(H,25,27). The maximum Gasteiger partial charge on any atom is 0.255 e. The van der Waals surface area contributed by atoms with Crippen molar-refractivity contribution in [1.29, 1.82) is 0 Å². The summed E-state index contributed by atoms with van der Waals surface area (Å²) in [5.41, 5.74) is 3.17. The zero-order valence-electron chi connectivity index (χ0n) is 16.4. The highest BCUT2D eigenvalue weighted by atomic mass is 32.1. The first-order valence-corrected chi connectivity index (χ1v) is 10.5. The van der Waals surface area contributed by atoms with Crippen molar-refractivity contribution >= 4 is 33.1 Å². The summed E-state index contributed by atoms with van der Waals surface area (Å²) in [6.45, 7) is 4.08. The number of fused-ring (bicyclic) bond motifs is 1. The van der Waals surface area contributed by atoms with Crippen LogP contribution in [0.3, 0.4) is 0 Å². The lowest BCUT2D eigenvalue weighted by Gasteiger charge is -2.14. The number of carbonyl (C=O) groups is 1. The first-order chi connectivity index (χ1) is 14.1. The molecule has 4 aromatic rings. The summed E-state index contributed by atoms with van der Waals surface area (Å²) >= 11 is 1.62. The molecule has 0 aliphatic heterocycles. The number of benzene rings is 3. The summed E-state index contributed by atoms with van der Waals surface area (Å²) < 4.78 is 6.97. The topological polar surface area (TPSA) is 51.2 Å². The summed E-state index contributed by atoms with van der Waals surface area (Å²) in [5.74, 6) is 0.527. The molecule has 0 aliphatic rings. The molecule has 0 fully saturated rings. The van der Waals surface area contributed by atoms with Crippen molar-refractivity contribution in [3.63, 3.8) is 0 Å². The summed E-state index contributed by atoms with van der Waals surface area (Å²) in [5, 5.41) is 3.92. The molecule has 0 saturated heterocycles. The summed E-state index contributed by atoms with van der Waals surface area (Å²) in [7, 11) is 0. The zero-order chi connectivity index (χ0) is 20.2. The monoisotopic (exact) mass is 402 g/mol. The number of rotatable bonds is 6. The molecular formula is C24H22N2O2S. The van der Waals surface area contributed by atoms with Crippen LogP contribution in [0.1, 0.15) is 30.6 Å². The van der Waals surface area contributed by atoms with Crippen LogP contribution in [-0.2, 0) is 0 Å². The van der Waals surface area contributed by atoms with E-state index in [4.69, 9.17) is 9.72 Å². The van der Waals surface area contributed by atoms with E-state index in [2.05, 4.69) is 18.3 Å². The van der Waals surface area contributed by atoms with Gasteiger partial charge in [0.1, 0.15) is 10.8 Å². The number of hydrogen-bond acceptors (Lipinski definition) is 4. The van der Waals surface area contributed by atoms with Crippen LogP contribution in [0.25, 0.3) is 20.8 Å². The van der Waals surface area contributed by atoms with Crippen molar-refractivity contribution in [2.75, 3.05) is 5.32 Å². The Morgan fingerprint density at radius 3 is 2.69 bits per heavy atom. The van der Waals surface area contributed by atoms with Crippen LogP contribution in [0.4, 0.5) is 5.69 Å². The van der Waals surface area contributed by atoms with Gasteiger partial charge in [0.2, 0.25) is 0 Å². The van der Waals surface area contributed by atoms with E-state index < -0.39 is 0 Å². The Morgan fingerprint density at radius 1 is 1.07 bits per heavy atom. The Morgan fingerprint density at radius 2 is 1.86 bits per heavy atom. The van der Waals surface area contributed by atoms with Crippen LogP contribution in [-0.4, -0.2) is 17.0 Å². The maximum atomic E-state index is 12.9. The van der Waals surface area contributed by atoms with Crippen LogP contribution in [0.5, 0.6) is 5.75 Å². The fourth-order valence-corrected chi connectivity index (χ4v) is 3.99. The van der Waals surface area contributed by atoms with E-state index in [1.807, 2.05) is 61.5 Å². The smallest absolute Gasteiger partial charge is 0.255 e. The first-order valence-electron chi connectivity index (χ1n) is 9.67. The van der Waals surface area contributed by atoms with Gasteiger partial charge in [0, 0.05) is 11.1 Å². The summed E-state index contributed by atoms with van der Waals surface area (Å²) in [6, 6.07) is 23.1. The van der Waals surface area contributed by atoms with Crippen molar-refractivity contribution in [1.82, 2.24) is 4.98 Å². The Bertz CT molecular complexity index is 1120. The van der Waals surface area contributed by atoms with E-state index in [0.29, 0.717) is 11.3 Å². The van der Waals surface area contributed by atoms with Crippen molar-refractivity contribution in [3.05, 3.63) is 78.4 Å². The number of nitrogens with one attached hydrogen (secondary N) is 1. The number of amides is 1. The Kier molecular flexibility index (Phi) is 5.58. The van der Waals surface area contributed by atoms with E-state index in [9.17, 15) is 4.79 Å². The molecule has 1 amide bonds. The molecule has 4 nitrogen and oxygen atoms in total. The Hall–Kier alpha value is -3.18. The number of aromatic nitrogens is 1. The van der Waals surface area contributed by atoms with Crippen LogP contribution in [0.15, 0.2) is 72.8 Å². The number of carbonyl (C=O) groups excluding carboxylic acids is 1. The largest absolute Gasteiger partial charge is 0.491 e. The van der Waals surface area contributed by atoms with Gasteiger partial charge in [0.15, 0.2) is 0 Å². The molecule has 1 unspecified atom stereocenters. The third kappa shape index (κ3) is 4.30. The average Bonchev–Trinajstić information content (AvgIpc) is 3.18. The van der Waals surface area contributed by atoms with E-state index in [1.165, 1.54) is 0 Å². The minimum absolute atomic E-state index is 0.105. The molecule has 0 bridgehead atoms. The molecule has 1 atom stereocenters. The quantitative estimate of drug-likeness (QED) is 0.406. The lowest BCUT2D eigenvalue weighted by molar-refractivity contribution is 0.102. The molecule has 4 rings (SSSR count). The number of thiazole rings is 1. The molecule has 0 radical (unpaired) electrons. The molecule has 0 aliphatic carbocycles.